The summed E-state index contributed by atoms with van der Waals surface area (Å²) < 4.78 is 0. The standard InChI is InChI=1S/C20H19N3O5/c1-13-5-7-14(8-6-13)17-12-18(15-3-2-4-16(11-15)23(27)28)22(21-17)19(24)9-10-20(25)26/h2-8,11,18H,9-10,12H2,1H3,(H,25,26)/p-1/t18-/m1/s1. The zero-order valence-corrected chi connectivity index (χ0v) is 15.2. The molecule has 2 aromatic rings. The molecular weight excluding hydrogens is 362 g/mol. The lowest BCUT2D eigenvalue weighted by molar-refractivity contribution is -0.385. The minimum Gasteiger partial charge on any atom is -0.550 e. The van der Waals surface area contributed by atoms with Crippen LogP contribution in [0.2, 0.25) is 0 Å². The van der Waals surface area contributed by atoms with Gasteiger partial charge >= 0.3 is 0 Å². The molecule has 0 spiro atoms. The Hall–Kier alpha value is -3.55. The van der Waals surface area contributed by atoms with Crippen LogP contribution in [0.3, 0.4) is 0 Å². The second kappa shape index (κ2) is 7.99. The Balaban J connectivity index is 1.94. The van der Waals surface area contributed by atoms with Crippen molar-refractivity contribution in [2.24, 2.45) is 5.10 Å². The summed E-state index contributed by atoms with van der Waals surface area (Å²) in [4.78, 5) is 33.9. The zero-order valence-electron chi connectivity index (χ0n) is 15.2. The van der Waals surface area contributed by atoms with Crippen LogP contribution in [-0.4, -0.2) is 27.5 Å². The number of hydrogen-bond acceptors (Lipinski definition) is 6. The molecule has 0 unspecified atom stereocenters. The molecule has 3 rings (SSSR count). The Labute approximate surface area is 161 Å². The third-order valence-corrected chi connectivity index (χ3v) is 4.56. The van der Waals surface area contributed by atoms with Crippen LogP contribution in [-0.2, 0) is 9.59 Å². The van der Waals surface area contributed by atoms with Crippen LogP contribution in [0.1, 0.15) is 42.0 Å². The molecule has 0 N–H and O–H groups in total. The minimum absolute atomic E-state index is 0.0802. The lowest BCUT2D eigenvalue weighted by Gasteiger charge is -2.22. The first-order chi connectivity index (χ1) is 13.3. The van der Waals surface area contributed by atoms with Gasteiger partial charge in [0.2, 0.25) is 5.91 Å². The lowest BCUT2D eigenvalue weighted by Crippen LogP contribution is -2.29. The van der Waals surface area contributed by atoms with Crippen molar-refractivity contribution in [3.63, 3.8) is 0 Å². The Bertz CT molecular complexity index is 953. The fourth-order valence-corrected chi connectivity index (χ4v) is 3.09. The van der Waals surface area contributed by atoms with Gasteiger partial charge in [-0.2, -0.15) is 5.10 Å². The van der Waals surface area contributed by atoms with Crippen LogP contribution >= 0.6 is 0 Å². The molecule has 144 valence electrons. The lowest BCUT2D eigenvalue weighted by atomic mass is 9.97. The Morgan fingerprint density at radius 3 is 2.54 bits per heavy atom. The monoisotopic (exact) mass is 380 g/mol. The first-order valence-corrected chi connectivity index (χ1v) is 8.76. The number of aliphatic carboxylic acids is 1. The molecule has 0 saturated heterocycles. The maximum Gasteiger partial charge on any atom is 0.269 e. The quantitative estimate of drug-likeness (QED) is 0.562. The van der Waals surface area contributed by atoms with Gasteiger partial charge in [-0.05, 0) is 24.5 Å². The number of nitro benzene ring substituents is 1. The number of carboxylic acid groups (broad SMARTS) is 1. The van der Waals surface area contributed by atoms with Crippen molar-refractivity contribution in [3.05, 3.63) is 75.3 Å². The first-order valence-electron chi connectivity index (χ1n) is 8.76. The van der Waals surface area contributed by atoms with Crippen molar-refractivity contribution in [1.82, 2.24) is 5.01 Å². The third kappa shape index (κ3) is 4.22. The second-order valence-electron chi connectivity index (χ2n) is 6.60. The molecule has 0 fully saturated rings. The predicted molar refractivity (Wildman–Crippen MR) is 99.3 cm³/mol. The number of rotatable bonds is 6. The Morgan fingerprint density at radius 1 is 1.18 bits per heavy atom. The molecule has 1 aliphatic rings. The van der Waals surface area contributed by atoms with E-state index in [1.165, 1.54) is 17.1 Å². The predicted octanol–water partition coefficient (Wildman–Crippen LogP) is 2.11. The SMILES string of the molecule is Cc1ccc(C2=NN(C(=O)CCC(=O)[O-])[C@@H](c3cccc([N+](=O)[O-])c3)C2)cc1. The number of non-ortho nitro benzene ring substituents is 1. The maximum absolute atomic E-state index is 12.6. The van der Waals surface area contributed by atoms with E-state index in [0.717, 1.165) is 11.1 Å². The number of hydrazone groups is 1. The number of carbonyl (C=O) groups is 2. The maximum atomic E-state index is 12.6. The molecule has 0 aliphatic carbocycles. The molecule has 0 radical (unpaired) electrons. The van der Waals surface area contributed by atoms with E-state index >= 15 is 0 Å². The highest BCUT2D eigenvalue weighted by atomic mass is 16.6. The van der Waals surface area contributed by atoms with Gasteiger partial charge in [0.1, 0.15) is 0 Å². The summed E-state index contributed by atoms with van der Waals surface area (Å²) in [5.41, 5.74) is 3.08. The minimum atomic E-state index is -1.32. The molecule has 1 aliphatic heterocycles. The second-order valence-corrected chi connectivity index (χ2v) is 6.60. The van der Waals surface area contributed by atoms with Gasteiger partial charge < -0.3 is 9.90 Å². The molecule has 2 aromatic carbocycles. The van der Waals surface area contributed by atoms with Crippen molar-refractivity contribution < 1.29 is 19.6 Å². The smallest absolute Gasteiger partial charge is 0.269 e. The van der Waals surface area contributed by atoms with E-state index in [1.807, 2.05) is 31.2 Å². The van der Waals surface area contributed by atoms with Gasteiger partial charge in [-0.3, -0.25) is 14.9 Å². The third-order valence-electron chi connectivity index (χ3n) is 4.56. The summed E-state index contributed by atoms with van der Waals surface area (Å²) in [6.45, 7) is 1.96. The molecule has 28 heavy (non-hydrogen) atoms. The van der Waals surface area contributed by atoms with Gasteiger partial charge in [0.05, 0.1) is 16.7 Å². The fourth-order valence-electron chi connectivity index (χ4n) is 3.09. The van der Waals surface area contributed by atoms with Crippen molar-refractivity contribution in [2.45, 2.75) is 32.2 Å². The summed E-state index contributed by atoms with van der Waals surface area (Å²) in [6, 6.07) is 13.2. The van der Waals surface area contributed by atoms with Crippen LogP contribution in [0.4, 0.5) is 5.69 Å². The summed E-state index contributed by atoms with van der Waals surface area (Å²) in [5.74, 6) is -1.79. The van der Waals surface area contributed by atoms with Crippen LogP contribution in [0.15, 0.2) is 53.6 Å². The molecule has 8 nitrogen and oxygen atoms in total. The number of nitro groups is 1. The first kappa shape index (κ1) is 19.2. The molecule has 1 atom stereocenters. The van der Waals surface area contributed by atoms with E-state index in [1.54, 1.807) is 12.1 Å². The summed E-state index contributed by atoms with van der Waals surface area (Å²) in [5, 5.41) is 27.5. The number of amides is 1. The van der Waals surface area contributed by atoms with Crippen LogP contribution < -0.4 is 5.11 Å². The van der Waals surface area contributed by atoms with Gasteiger partial charge in [-0.15, -0.1) is 0 Å². The van der Waals surface area contributed by atoms with E-state index in [0.29, 0.717) is 17.7 Å². The highest BCUT2D eigenvalue weighted by Crippen LogP contribution is 2.34. The van der Waals surface area contributed by atoms with Crippen molar-refractivity contribution in [1.29, 1.82) is 0 Å². The van der Waals surface area contributed by atoms with Crippen LogP contribution in [0, 0.1) is 17.0 Å². The molecular formula is C20H18N3O5-. The van der Waals surface area contributed by atoms with Gasteiger partial charge in [0, 0.05) is 30.9 Å². The number of hydrogen-bond donors (Lipinski definition) is 0. The fraction of sp³-hybridized carbons (Fsp3) is 0.250. The van der Waals surface area contributed by atoms with E-state index < -0.39 is 29.3 Å². The summed E-state index contributed by atoms with van der Waals surface area (Å²) in [6.07, 6.45) is -0.286. The highest BCUT2D eigenvalue weighted by Gasteiger charge is 2.33. The topological polar surface area (TPSA) is 116 Å². The summed E-state index contributed by atoms with van der Waals surface area (Å²) in [7, 11) is 0. The van der Waals surface area contributed by atoms with Gasteiger partial charge in [0.25, 0.3) is 5.69 Å². The van der Waals surface area contributed by atoms with Crippen molar-refractivity contribution in [2.75, 3.05) is 0 Å². The molecule has 1 amide bonds. The normalized spacial score (nSPS) is 16.0. The highest BCUT2D eigenvalue weighted by molar-refractivity contribution is 6.03. The average molecular weight is 380 g/mol. The Morgan fingerprint density at radius 2 is 1.89 bits per heavy atom. The van der Waals surface area contributed by atoms with Gasteiger partial charge in [0.15, 0.2) is 0 Å². The average Bonchev–Trinajstić information content (AvgIpc) is 3.12. The molecule has 0 saturated carbocycles. The van der Waals surface area contributed by atoms with Crippen LogP contribution in [0.25, 0.3) is 0 Å². The number of aryl methyl sites for hydroxylation is 1. The van der Waals surface area contributed by atoms with Gasteiger partial charge in [-0.25, -0.2) is 5.01 Å². The van der Waals surface area contributed by atoms with E-state index in [-0.39, 0.29) is 12.1 Å². The van der Waals surface area contributed by atoms with Gasteiger partial charge in [-0.1, -0.05) is 42.0 Å². The number of benzene rings is 2. The van der Waals surface area contributed by atoms with E-state index in [9.17, 15) is 24.8 Å². The van der Waals surface area contributed by atoms with Crippen molar-refractivity contribution in [3.8, 4) is 0 Å². The number of carboxylic acids is 1. The summed E-state index contributed by atoms with van der Waals surface area (Å²) >= 11 is 0. The number of carbonyl (C=O) groups excluding carboxylic acids is 2. The zero-order chi connectivity index (χ0) is 20.3. The van der Waals surface area contributed by atoms with Crippen molar-refractivity contribution >= 4 is 23.3 Å². The van der Waals surface area contributed by atoms with Crippen LogP contribution in [0.5, 0.6) is 0 Å². The molecule has 0 aromatic heterocycles. The number of nitrogens with zero attached hydrogens (tertiary/aromatic N) is 3. The molecule has 0 bridgehead atoms. The Kier molecular flexibility index (Phi) is 5.49. The largest absolute Gasteiger partial charge is 0.550 e. The molecule has 1 heterocycles. The molecule has 8 heteroatoms. The van der Waals surface area contributed by atoms with E-state index in [2.05, 4.69) is 5.10 Å². The van der Waals surface area contributed by atoms with E-state index in [4.69, 9.17) is 0 Å².